The number of likely N-dealkylation sites (N-methyl/N-ethyl adjacent to an activating group) is 1. The van der Waals surface area contributed by atoms with E-state index in [2.05, 4.69) is 15.2 Å². The zero-order valence-electron chi connectivity index (χ0n) is 26.9. The summed E-state index contributed by atoms with van der Waals surface area (Å²) in [6.07, 6.45) is 3.51. The van der Waals surface area contributed by atoms with Gasteiger partial charge in [-0.1, -0.05) is 59.6 Å². The van der Waals surface area contributed by atoms with Gasteiger partial charge in [-0.3, -0.25) is 4.79 Å². The number of likely N-dealkylation sites (tertiary alicyclic amines) is 1. The van der Waals surface area contributed by atoms with Crippen molar-refractivity contribution in [1.29, 1.82) is 0 Å². The van der Waals surface area contributed by atoms with Crippen molar-refractivity contribution >= 4 is 46.5 Å². The van der Waals surface area contributed by atoms with Gasteiger partial charge >= 0.3 is 11.9 Å². The van der Waals surface area contributed by atoms with Gasteiger partial charge in [-0.25, -0.2) is 9.78 Å². The van der Waals surface area contributed by atoms with Crippen LogP contribution in [-0.2, 0) is 27.2 Å². The van der Waals surface area contributed by atoms with Crippen molar-refractivity contribution in [3.8, 4) is 11.5 Å². The van der Waals surface area contributed by atoms with E-state index >= 15 is 0 Å². The van der Waals surface area contributed by atoms with Crippen molar-refractivity contribution in [3.63, 3.8) is 0 Å². The molecule has 0 saturated carbocycles. The third-order valence-corrected chi connectivity index (χ3v) is 9.78. The molecular formula is C35H39Cl2N3O7S. The van der Waals surface area contributed by atoms with Crippen molar-refractivity contribution in [2.24, 2.45) is 0 Å². The number of methoxy groups -OCH3 is 2. The molecule has 1 unspecified atom stereocenters. The van der Waals surface area contributed by atoms with Crippen LogP contribution in [-0.4, -0.2) is 69.3 Å². The molecule has 2 aromatic heterocycles. The van der Waals surface area contributed by atoms with Gasteiger partial charge in [-0.15, -0.1) is 11.3 Å². The van der Waals surface area contributed by atoms with Gasteiger partial charge in [0.2, 0.25) is 0 Å². The fraction of sp³-hybridized carbons (Fsp3) is 0.343. The third-order valence-electron chi connectivity index (χ3n) is 8.04. The predicted molar refractivity (Wildman–Crippen MR) is 184 cm³/mol. The molecule has 1 aliphatic rings. The first-order chi connectivity index (χ1) is 22.7. The summed E-state index contributed by atoms with van der Waals surface area (Å²) in [6, 6.07) is 18.6. The van der Waals surface area contributed by atoms with Gasteiger partial charge < -0.3 is 34.6 Å². The molecule has 0 radical (unpaired) electrons. The molecule has 0 bridgehead atoms. The molecule has 256 valence electrons. The predicted octanol–water partition coefficient (Wildman–Crippen LogP) is 5.97. The molecule has 3 atom stereocenters. The lowest BCUT2D eigenvalue weighted by molar-refractivity contribution is -0.377. The van der Waals surface area contributed by atoms with E-state index in [1.54, 1.807) is 44.8 Å². The van der Waals surface area contributed by atoms with E-state index in [1.165, 1.54) is 11.3 Å². The van der Waals surface area contributed by atoms with Crippen LogP contribution in [0.2, 0.25) is 10.0 Å². The number of pyridine rings is 1. The Morgan fingerprint density at radius 3 is 2.40 bits per heavy atom. The Bertz CT molecular complexity index is 1650. The lowest BCUT2D eigenvalue weighted by Crippen LogP contribution is -2.31. The van der Waals surface area contributed by atoms with E-state index in [0.717, 1.165) is 30.0 Å². The monoisotopic (exact) mass is 715 g/mol. The van der Waals surface area contributed by atoms with E-state index in [-0.39, 0.29) is 24.0 Å². The highest BCUT2D eigenvalue weighted by Gasteiger charge is 2.29. The molecule has 5 rings (SSSR count). The lowest BCUT2D eigenvalue weighted by Gasteiger charge is -2.20. The molecule has 10 nitrogen and oxygen atoms in total. The number of carbonyl (C=O) groups is 2. The summed E-state index contributed by atoms with van der Waals surface area (Å²) in [7, 11) is 5.13. The normalized spacial score (nSPS) is 15.6. The van der Waals surface area contributed by atoms with Gasteiger partial charge in [0.15, 0.2) is 23.9 Å². The van der Waals surface area contributed by atoms with Gasteiger partial charge in [0.25, 0.3) is 0 Å². The largest absolute Gasteiger partial charge is 0.870 e. The number of aromatic amines is 1. The average Bonchev–Trinajstić information content (AvgIpc) is 3.73. The number of hydrogen-bond acceptors (Lipinski definition) is 10. The van der Waals surface area contributed by atoms with Crippen molar-refractivity contribution in [1.82, 2.24) is 10.2 Å². The van der Waals surface area contributed by atoms with Gasteiger partial charge in [0.05, 0.1) is 20.1 Å². The van der Waals surface area contributed by atoms with Crippen molar-refractivity contribution in [2.75, 3.05) is 40.9 Å². The van der Waals surface area contributed by atoms with Crippen LogP contribution in [0.4, 0.5) is 0 Å². The second kappa shape index (κ2) is 17.6. The fourth-order valence-electron chi connectivity index (χ4n) is 5.51. The summed E-state index contributed by atoms with van der Waals surface area (Å²) in [4.78, 5) is 33.2. The number of rotatable bonds is 14. The van der Waals surface area contributed by atoms with Gasteiger partial charge in [0, 0.05) is 43.0 Å². The molecule has 0 amide bonds. The van der Waals surface area contributed by atoms with E-state index in [0.29, 0.717) is 50.6 Å². The maximum Gasteiger partial charge on any atom is 0.348 e. The maximum absolute atomic E-state index is 13.5. The summed E-state index contributed by atoms with van der Waals surface area (Å²) in [5, 5.41) is 4.25. The number of benzene rings is 2. The zero-order chi connectivity index (χ0) is 33.3. The number of hydrogen-bond donors (Lipinski definition) is 1. The zero-order valence-corrected chi connectivity index (χ0v) is 29.2. The number of H-pyrrole nitrogens is 1. The Morgan fingerprint density at radius 1 is 1.00 bits per heavy atom. The third kappa shape index (κ3) is 9.46. The first-order valence-corrected chi connectivity index (χ1v) is 16.8. The van der Waals surface area contributed by atoms with Crippen LogP contribution < -0.4 is 19.8 Å². The number of thiophene rings is 1. The molecule has 2 aromatic carbocycles. The molecule has 0 spiro atoms. The Balaban J connectivity index is 0.00000520. The number of nitrogens with one attached hydrogen (secondary N) is 2. The van der Waals surface area contributed by atoms with Crippen LogP contribution in [0.5, 0.6) is 11.5 Å². The van der Waals surface area contributed by atoms with Crippen LogP contribution in [0.25, 0.3) is 0 Å². The van der Waals surface area contributed by atoms with Crippen LogP contribution in [0.1, 0.15) is 49.7 Å². The van der Waals surface area contributed by atoms with E-state index in [4.69, 9.17) is 42.1 Å². The summed E-state index contributed by atoms with van der Waals surface area (Å²) in [5.41, 5.74) is 2.23. The highest BCUT2D eigenvalue weighted by molar-refractivity contribution is 7.13. The summed E-state index contributed by atoms with van der Waals surface area (Å²) in [6.45, 7) is 2.51. The quantitative estimate of drug-likeness (QED) is 0.157. The number of nitrogens with zero attached hydrogens (tertiary/aromatic N) is 1. The Hall–Kier alpha value is -3.71. The Morgan fingerprint density at radius 2 is 1.73 bits per heavy atom. The molecule has 13 heteroatoms. The van der Waals surface area contributed by atoms with Crippen LogP contribution >= 0.6 is 34.5 Å². The summed E-state index contributed by atoms with van der Waals surface area (Å²) < 4.78 is 22.9. The van der Waals surface area contributed by atoms with Crippen molar-refractivity contribution in [3.05, 3.63) is 110 Å². The number of halogens is 2. The minimum absolute atomic E-state index is 0. The molecule has 48 heavy (non-hydrogen) atoms. The number of ether oxygens (including phenoxy) is 4. The van der Waals surface area contributed by atoms with E-state index < -0.39 is 18.0 Å². The van der Waals surface area contributed by atoms with E-state index in [9.17, 15) is 9.59 Å². The standard InChI is InChI=1S/C35H37Cl2N3O6S.H2O/c1-40-14-13-24(21-40)45-34(41)27(22-7-5-4-6-8-22)18-38-17-25-10-12-33(47-25)35(42)46-31(16-26-28(36)19-39-20-29(26)37)23-9-11-30(43-2)32(15-23)44-3;/h4-12,15,19-20,24,27,31,38H,13-14,16-18,21H2,1-3H3;1H2/t24-,27?,31+;/m1./s1. The second-order valence-electron chi connectivity index (χ2n) is 11.3. The summed E-state index contributed by atoms with van der Waals surface area (Å²) >= 11 is 14.3. The molecule has 0 aliphatic carbocycles. The number of esters is 2. The molecule has 4 aromatic rings. The first kappa shape index (κ1) is 37.1. The maximum atomic E-state index is 13.5. The van der Waals surface area contributed by atoms with Crippen LogP contribution in [0.3, 0.4) is 0 Å². The van der Waals surface area contributed by atoms with Crippen molar-refractivity contribution in [2.45, 2.75) is 37.5 Å². The molecule has 3 heterocycles. The summed E-state index contributed by atoms with van der Waals surface area (Å²) in [5.74, 6) is -0.124. The van der Waals surface area contributed by atoms with Gasteiger partial charge in [0.1, 0.15) is 27.1 Å². The number of carbonyl (C=O) groups excluding carboxylic acids is 2. The molecule has 1 fully saturated rings. The minimum atomic E-state index is -0.722. The molecule has 3 N–H and O–H groups in total. The molecule has 1 saturated heterocycles. The topological polar surface area (TPSA) is 130 Å². The Labute approximate surface area is 294 Å². The second-order valence-corrected chi connectivity index (χ2v) is 13.3. The fourth-order valence-corrected chi connectivity index (χ4v) is 6.90. The molecular weight excluding hydrogens is 677 g/mol. The first-order valence-electron chi connectivity index (χ1n) is 15.3. The van der Waals surface area contributed by atoms with E-state index in [1.807, 2.05) is 49.5 Å². The highest BCUT2D eigenvalue weighted by atomic mass is 35.5. The smallest absolute Gasteiger partial charge is 0.348 e. The number of aromatic nitrogens is 1. The molecule has 1 aliphatic heterocycles. The van der Waals surface area contributed by atoms with Crippen LogP contribution in [0, 0.1) is 0 Å². The minimum Gasteiger partial charge on any atom is -0.870 e. The van der Waals surface area contributed by atoms with Gasteiger partial charge in [-0.2, -0.15) is 0 Å². The average molecular weight is 717 g/mol. The van der Waals surface area contributed by atoms with Crippen LogP contribution in [0.15, 0.2) is 73.1 Å². The van der Waals surface area contributed by atoms with Gasteiger partial charge in [-0.05, 0) is 48.9 Å². The van der Waals surface area contributed by atoms with Crippen molar-refractivity contribution < 1.29 is 39.0 Å². The Kier molecular flexibility index (Phi) is 13.6. The highest BCUT2D eigenvalue weighted by Crippen LogP contribution is 2.35. The lowest BCUT2D eigenvalue weighted by atomic mass is 9.99. The SMILES string of the molecule is COc1ccc([C@H](Cc2c(Cl)c[nH+]cc2Cl)OC(=O)c2ccc(CNCC(C(=O)O[C@@H]3CCN(C)C3)c3ccccc3)s2)cc1OC.[OH-].